The molecule has 0 saturated heterocycles. The quantitative estimate of drug-likeness (QED) is 0.626. The molecule has 0 radical (unpaired) electrons. The van der Waals surface area contributed by atoms with Gasteiger partial charge in [0.05, 0.1) is 12.1 Å². The van der Waals surface area contributed by atoms with E-state index >= 15 is 0 Å². The number of nitrogens with zero attached hydrogens (tertiary/aromatic N) is 2. The molecule has 0 saturated carbocycles. The van der Waals surface area contributed by atoms with Crippen LogP contribution >= 0.6 is 12.2 Å². The Hall–Kier alpha value is -1.73. The van der Waals surface area contributed by atoms with E-state index in [1.165, 1.54) is 0 Å². The summed E-state index contributed by atoms with van der Waals surface area (Å²) in [5.74, 6) is -0.0223. The standard InChI is InChI=1S/C13H18N4O2S/c1-9-3-4-10-12(15-9)17(13(20)16-10)7-5-11(18)14-6-8-19-2/h3-4H,5-8H2,1-2H3,(H,14,18)(H,16,20). The molecule has 0 aliphatic rings. The summed E-state index contributed by atoms with van der Waals surface area (Å²) in [6, 6.07) is 3.87. The molecule has 2 heterocycles. The molecule has 2 rings (SSSR count). The Morgan fingerprint density at radius 3 is 3.10 bits per heavy atom. The van der Waals surface area contributed by atoms with Gasteiger partial charge in [0, 0.05) is 32.3 Å². The largest absolute Gasteiger partial charge is 0.383 e. The molecule has 2 N–H and O–H groups in total. The molecule has 0 bridgehead atoms. The van der Waals surface area contributed by atoms with Crippen molar-refractivity contribution in [2.24, 2.45) is 0 Å². The van der Waals surface area contributed by atoms with Crippen LogP contribution < -0.4 is 5.32 Å². The summed E-state index contributed by atoms with van der Waals surface area (Å²) in [6.45, 7) is 3.47. The highest BCUT2D eigenvalue weighted by molar-refractivity contribution is 7.71. The minimum absolute atomic E-state index is 0.0223. The van der Waals surface area contributed by atoms with Crippen molar-refractivity contribution in [1.29, 1.82) is 0 Å². The first kappa shape index (κ1) is 14.7. The summed E-state index contributed by atoms with van der Waals surface area (Å²) in [4.78, 5) is 19.2. The molecule has 7 heteroatoms. The van der Waals surface area contributed by atoms with E-state index in [-0.39, 0.29) is 5.91 Å². The molecule has 0 unspecified atom stereocenters. The smallest absolute Gasteiger partial charge is 0.221 e. The average molecular weight is 294 g/mol. The van der Waals surface area contributed by atoms with Gasteiger partial charge in [-0.1, -0.05) is 0 Å². The molecule has 108 valence electrons. The van der Waals surface area contributed by atoms with Gasteiger partial charge in [-0.3, -0.25) is 4.79 Å². The predicted octanol–water partition coefficient (Wildman–Crippen LogP) is 1.56. The van der Waals surface area contributed by atoms with Crippen LogP contribution in [0.25, 0.3) is 11.2 Å². The van der Waals surface area contributed by atoms with E-state index in [9.17, 15) is 4.79 Å². The molecule has 20 heavy (non-hydrogen) atoms. The van der Waals surface area contributed by atoms with E-state index in [1.54, 1.807) is 7.11 Å². The Morgan fingerprint density at radius 1 is 1.55 bits per heavy atom. The van der Waals surface area contributed by atoms with Crippen molar-refractivity contribution >= 4 is 29.3 Å². The Labute approximate surface area is 122 Å². The summed E-state index contributed by atoms with van der Waals surface area (Å²) in [6.07, 6.45) is 0.362. The number of amides is 1. The van der Waals surface area contributed by atoms with Crippen molar-refractivity contribution in [2.75, 3.05) is 20.3 Å². The second kappa shape index (κ2) is 6.62. The molecule has 0 aliphatic carbocycles. The second-order valence-electron chi connectivity index (χ2n) is 4.50. The number of H-pyrrole nitrogens is 1. The number of pyridine rings is 1. The van der Waals surface area contributed by atoms with Crippen LogP contribution in [0.5, 0.6) is 0 Å². The first-order valence-corrected chi connectivity index (χ1v) is 6.84. The Kier molecular flexibility index (Phi) is 4.86. The van der Waals surface area contributed by atoms with Crippen molar-refractivity contribution < 1.29 is 9.53 Å². The van der Waals surface area contributed by atoms with E-state index in [1.807, 2.05) is 23.6 Å². The number of hydrogen-bond acceptors (Lipinski definition) is 4. The van der Waals surface area contributed by atoms with E-state index in [2.05, 4.69) is 15.3 Å². The predicted molar refractivity (Wildman–Crippen MR) is 79.2 cm³/mol. The molecular weight excluding hydrogens is 276 g/mol. The average Bonchev–Trinajstić information content (AvgIpc) is 2.72. The molecule has 0 fully saturated rings. The van der Waals surface area contributed by atoms with Gasteiger partial charge in [0.2, 0.25) is 5.91 Å². The van der Waals surface area contributed by atoms with Gasteiger partial charge >= 0.3 is 0 Å². The Morgan fingerprint density at radius 2 is 2.35 bits per heavy atom. The molecule has 0 atom stereocenters. The van der Waals surface area contributed by atoms with Crippen molar-refractivity contribution in [3.8, 4) is 0 Å². The maximum atomic E-state index is 11.7. The number of aromatic amines is 1. The summed E-state index contributed by atoms with van der Waals surface area (Å²) < 4.78 is 7.32. The molecule has 2 aromatic heterocycles. The van der Waals surface area contributed by atoms with Gasteiger partial charge in [-0.05, 0) is 31.3 Å². The number of carbonyl (C=O) groups is 1. The first-order chi connectivity index (χ1) is 9.61. The lowest BCUT2D eigenvalue weighted by Gasteiger charge is -2.06. The van der Waals surface area contributed by atoms with Crippen LogP contribution in [0.15, 0.2) is 12.1 Å². The lowest BCUT2D eigenvalue weighted by molar-refractivity contribution is -0.121. The van der Waals surface area contributed by atoms with Crippen LogP contribution in [-0.2, 0) is 16.1 Å². The van der Waals surface area contributed by atoms with Crippen LogP contribution in [0.2, 0.25) is 0 Å². The topological polar surface area (TPSA) is 71.9 Å². The zero-order valence-electron chi connectivity index (χ0n) is 11.6. The number of carbonyl (C=O) groups excluding carboxylic acids is 1. The highest BCUT2D eigenvalue weighted by Crippen LogP contribution is 2.12. The van der Waals surface area contributed by atoms with Crippen molar-refractivity contribution in [2.45, 2.75) is 19.9 Å². The third kappa shape index (κ3) is 3.43. The van der Waals surface area contributed by atoms with Gasteiger partial charge in [0.25, 0.3) is 0 Å². The fourth-order valence-corrected chi connectivity index (χ4v) is 2.21. The van der Waals surface area contributed by atoms with Crippen LogP contribution in [0, 0.1) is 11.7 Å². The Bertz CT molecular complexity index is 662. The molecule has 1 amide bonds. The summed E-state index contributed by atoms with van der Waals surface area (Å²) in [5, 5.41) is 2.78. The van der Waals surface area contributed by atoms with Crippen LogP contribution in [0.3, 0.4) is 0 Å². The maximum absolute atomic E-state index is 11.7. The zero-order valence-corrected chi connectivity index (χ0v) is 12.4. The number of nitrogens with one attached hydrogen (secondary N) is 2. The number of rotatable bonds is 6. The summed E-state index contributed by atoms with van der Waals surface area (Å²) in [5.41, 5.74) is 2.60. The van der Waals surface area contributed by atoms with E-state index in [0.717, 1.165) is 16.9 Å². The third-order valence-electron chi connectivity index (χ3n) is 2.95. The fourth-order valence-electron chi connectivity index (χ4n) is 1.93. The fraction of sp³-hybridized carbons (Fsp3) is 0.462. The number of aromatic nitrogens is 3. The zero-order chi connectivity index (χ0) is 14.5. The highest BCUT2D eigenvalue weighted by Gasteiger charge is 2.08. The number of hydrogen-bond donors (Lipinski definition) is 2. The monoisotopic (exact) mass is 294 g/mol. The van der Waals surface area contributed by atoms with Crippen molar-refractivity contribution in [1.82, 2.24) is 19.9 Å². The number of aryl methyl sites for hydroxylation is 2. The van der Waals surface area contributed by atoms with Crippen molar-refractivity contribution in [3.63, 3.8) is 0 Å². The highest BCUT2D eigenvalue weighted by atomic mass is 32.1. The van der Waals surface area contributed by atoms with Crippen LogP contribution in [0.4, 0.5) is 0 Å². The molecule has 0 aliphatic heterocycles. The van der Waals surface area contributed by atoms with Gasteiger partial charge in [-0.2, -0.15) is 0 Å². The third-order valence-corrected chi connectivity index (χ3v) is 3.27. The lowest BCUT2D eigenvalue weighted by Crippen LogP contribution is -2.27. The number of fused-ring (bicyclic) bond motifs is 1. The number of imidazole rings is 1. The molecule has 0 aromatic carbocycles. The molecule has 6 nitrogen and oxygen atoms in total. The normalized spacial score (nSPS) is 10.9. The van der Waals surface area contributed by atoms with Gasteiger partial charge in [0.1, 0.15) is 0 Å². The minimum Gasteiger partial charge on any atom is -0.383 e. The lowest BCUT2D eigenvalue weighted by atomic mass is 10.3. The van der Waals surface area contributed by atoms with Gasteiger partial charge in [-0.25, -0.2) is 4.98 Å². The van der Waals surface area contributed by atoms with Crippen LogP contribution in [-0.4, -0.2) is 40.7 Å². The van der Waals surface area contributed by atoms with Gasteiger partial charge < -0.3 is 19.6 Å². The van der Waals surface area contributed by atoms with Crippen LogP contribution in [0.1, 0.15) is 12.1 Å². The SMILES string of the molecule is COCCNC(=O)CCn1c(=S)[nH]c2ccc(C)nc21. The first-order valence-electron chi connectivity index (χ1n) is 6.43. The molecular formula is C13H18N4O2S. The van der Waals surface area contributed by atoms with Crippen molar-refractivity contribution in [3.05, 3.63) is 22.6 Å². The van der Waals surface area contributed by atoms with Gasteiger partial charge in [-0.15, -0.1) is 0 Å². The summed E-state index contributed by atoms with van der Waals surface area (Å²) >= 11 is 5.27. The molecule has 0 spiro atoms. The maximum Gasteiger partial charge on any atom is 0.221 e. The summed E-state index contributed by atoms with van der Waals surface area (Å²) in [7, 11) is 1.60. The Balaban J connectivity index is 2.06. The van der Waals surface area contributed by atoms with E-state index in [4.69, 9.17) is 17.0 Å². The van der Waals surface area contributed by atoms with E-state index < -0.39 is 0 Å². The van der Waals surface area contributed by atoms with E-state index in [0.29, 0.717) is 30.9 Å². The molecule has 2 aromatic rings. The number of ether oxygens (including phenoxy) is 1. The van der Waals surface area contributed by atoms with Gasteiger partial charge in [0.15, 0.2) is 10.4 Å². The second-order valence-corrected chi connectivity index (χ2v) is 4.89. The minimum atomic E-state index is -0.0223. The number of methoxy groups -OCH3 is 1.